The molecule has 1 saturated heterocycles. The van der Waals surface area contributed by atoms with Crippen molar-refractivity contribution in [2.45, 2.75) is 19.6 Å². The molecule has 1 fully saturated rings. The Morgan fingerprint density at radius 1 is 1.47 bits per heavy atom. The van der Waals surface area contributed by atoms with E-state index in [2.05, 4.69) is 0 Å². The van der Waals surface area contributed by atoms with E-state index in [-0.39, 0.29) is 11.9 Å². The Labute approximate surface area is 100 Å². The lowest BCUT2D eigenvalue weighted by Gasteiger charge is -2.26. The van der Waals surface area contributed by atoms with Gasteiger partial charge in [0.05, 0.1) is 26.9 Å². The molecule has 0 aromatic heterocycles. The first kappa shape index (κ1) is 12.1. The minimum atomic E-state index is 0.0425. The molecule has 1 aromatic rings. The summed E-state index contributed by atoms with van der Waals surface area (Å²) in [6.45, 7) is 3.29. The molecule has 0 spiro atoms. The lowest BCUT2D eigenvalue weighted by atomic mass is 10.1. The zero-order valence-corrected chi connectivity index (χ0v) is 10.1. The summed E-state index contributed by atoms with van der Waals surface area (Å²) in [5.74, 6) is 0.788. The highest BCUT2D eigenvalue weighted by Gasteiger charge is 2.19. The van der Waals surface area contributed by atoms with Gasteiger partial charge < -0.3 is 14.2 Å². The van der Waals surface area contributed by atoms with Gasteiger partial charge in [-0.15, -0.1) is 0 Å². The van der Waals surface area contributed by atoms with Crippen LogP contribution in [-0.2, 0) is 16.1 Å². The van der Waals surface area contributed by atoms with E-state index in [1.165, 1.54) is 0 Å². The van der Waals surface area contributed by atoms with Gasteiger partial charge in [-0.1, -0.05) is 0 Å². The first-order valence-electron chi connectivity index (χ1n) is 5.58. The average Bonchev–Trinajstić information content (AvgIpc) is 2.26. The van der Waals surface area contributed by atoms with Gasteiger partial charge in [-0.25, -0.2) is 0 Å². The number of hydrogen-bond acceptors (Lipinski definition) is 4. The molecule has 92 valence electrons. The Kier molecular flexibility index (Phi) is 3.76. The molecular weight excluding hydrogens is 220 g/mol. The molecule has 1 aliphatic rings. The fraction of sp³-hybridized carbons (Fsp3) is 0.462. The molecule has 1 heterocycles. The summed E-state index contributed by atoms with van der Waals surface area (Å²) < 4.78 is 15.9. The van der Waals surface area contributed by atoms with Crippen LogP contribution in [0.25, 0.3) is 0 Å². The number of ketones is 1. The molecule has 4 nitrogen and oxygen atoms in total. The second-order valence-corrected chi connectivity index (χ2v) is 4.05. The Morgan fingerprint density at radius 3 is 2.76 bits per heavy atom. The maximum absolute atomic E-state index is 11.3. The molecule has 0 radical (unpaired) electrons. The number of Topliss-reactive ketones (excluding diaryl/α,β-unsaturated/α-hetero) is 1. The fourth-order valence-corrected chi connectivity index (χ4v) is 1.63. The van der Waals surface area contributed by atoms with E-state index in [0.717, 1.165) is 11.3 Å². The van der Waals surface area contributed by atoms with Crippen molar-refractivity contribution in [1.29, 1.82) is 0 Å². The van der Waals surface area contributed by atoms with Crippen molar-refractivity contribution >= 4 is 5.78 Å². The smallest absolute Gasteiger partial charge is 0.159 e. The summed E-state index contributed by atoms with van der Waals surface area (Å²) in [6.07, 6.45) is 0.167. The standard InChI is InChI=1S/C13H16O4/c1-9(14)10-3-4-13(15-2)11(5-10)6-17-12-7-16-8-12/h3-5,12H,6-8H2,1-2H3. The summed E-state index contributed by atoms with van der Waals surface area (Å²) in [6, 6.07) is 5.38. The third kappa shape index (κ3) is 2.84. The van der Waals surface area contributed by atoms with Crippen molar-refractivity contribution in [3.63, 3.8) is 0 Å². The monoisotopic (exact) mass is 236 g/mol. The summed E-state index contributed by atoms with van der Waals surface area (Å²) in [7, 11) is 1.61. The molecule has 17 heavy (non-hydrogen) atoms. The number of carbonyl (C=O) groups is 1. The number of carbonyl (C=O) groups excluding carboxylic acids is 1. The first-order valence-corrected chi connectivity index (χ1v) is 5.58. The van der Waals surface area contributed by atoms with Gasteiger partial charge in [0.2, 0.25) is 0 Å². The zero-order valence-electron chi connectivity index (χ0n) is 10.1. The molecule has 1 aromatic carbocycles. The lowest BCUT2D eigenvalue weighted by molar-refractivity contribution is -0.135. The van der Waals surface area contributed by atoms with Gasteiger partial charge in [-0.05, 0) is 25.1 Å². The van der Waals surface area contributed by atoms with Crippen LogP contribution in [0, 0.1) is 0 Å². The molecule has 0 bridgehead atoms. The minimum Gasteiger partial charge on any atom is -0.496 e. The van der Waals surface area contributed by atoms with Crippen LogP contribution in [0.15, 0.2) is 18.2 Å². The molecule has 0 aliphatic carbocycles. The van der Waals surface area contributed by atoms with Gasteiger partial charge in [-0.2, -0.15) is 0 Å². The normalized spacial score (nSPS) is 15.4. The first-order chi connectivity index (χ1) is 8.20. The highest BCUT2D eigenvalue weighted by Crippen LogP contribution is 2.22. The van der Waals surface area contributed by atoms with Gasteiger partial charge in [-0.3, -0.25) is 4.79 Å². The molecule has 0 N–H and O–H groups in total. The van der Waals surface area contributed by atoms with Crippen molar-refractivity contribution < 1.29 is 19.0 Å². The molecule has 1 aliphatic heterocycles. The maximum atomic E-state index is 11.3. The van der Waals surface area contributed by atoms with Crippen LogP contribution in [0.1, 0.15) is 22.8 Å². The number of ether oxygens (including phenoxy) is 3. The number of benzene rings is 1. The fourth-order valence-electron chi connectivity index (χ4n) is 1.63. The topological polar surface area (TPSA) is 44.8 Å². The van der Waals surface area contributed by atoms with E-state index in [1.54, 1.807) is 26.2 Å². The number of methoxy groups -OCH3 is 1. The quantitative estimate of drug-likeness (QED) is 0.731. The predicted molar refractivity (Wildman–Crippen MR) is 62.4 cm³/mol. The Hall–Kier alpha value is -1.39. The molecule has 0 atom stereocenters. The van der Waals surface area contributed by atoms with E-state index in [4.69, 9.17) is 14.2 Å². The lowest BCUT2D eigenvalue weighted by Crippen LogP contribution is -2.35. The largest absolute Gasteiger partial charge is 0.496 e. The van der Waals surface area contributed by atoms with Crippen molar-refractivity contribution in [3.8, 4) is 5.75 Å². The van der Waals surface area contributed by atoms with Crippen LogP contribution in [0.3, 0.4) is 0 Å². The third-order valence-corrected chi connectivity index (χ3v) is 2.77. The van der Waals surface area contributed by atoms with Crippen molar-refractivity contribution in [1.82, 2.24) is 0 Å². The summed E-state index contributed by atoms with van der Waals surface area (Å²) in [4.78, 5) is 11.3. The van der Waals surface area contributed by atoms with Crippen LogP contribution in [0.2, 0.25) is 0 Å². The Bertz CT molecular complexity index is 410. The van der Waals surface area contributed by atoms with Crippen LogP contribution in [0.5, 0.6) is 5.75 Å². The van der Waals surface area contributed by atoms with E-state index >= 15 is 0 Å². The third-order valence-electron chi connectivity index (χ3n) is 2.77. The highest BCUT2D eigenvalue weighted by atomic mass is 16.6. The van der Waals surface area contributed by atoms with Gasteiger partial charge >= 0.3 is 0 Å². The Balaban J connectivity index is 2.10. The highest BCUT2D eigenvalue weighted by molar-refractivity contribution is 5.94. The van der Waals surface area contributed by atoms with Crippen LogP contribution in [0.4, 0.5) is 0 Å². The average molecular weight is 236 g/mol. The van der Waals surface area contributed by atoms with E-state index < -0.39 is 0 Å². The second-order valence-electron chi connectivity index (χ2n) is 4.05. The maximum Gasteiger partial charge on any atom is 0.159 e. The Morgan fingerprint density at radius 2 is 2.24 bits per heavy atom. The molecule has 0 unspecified atom stereocenters. The van der Waals surface area contributed by atoms with Gasteiger partial charge in [0.25, 0.3) is 0 Å². The van der Waals surface area contributed by atoms with Gasteiger partial charge in [0, 0.05) is 11.1 Å². The van der Waals surface area contributed by atoms with Crippen molar-refractivity contribution in [3.05, 3.63) is 29.3 Å². The van der Waals surface area contributed by atoms with Crippen molar-refractivity contribution in [2.24, 2.45) is 0 Å². The summed E-state index contributed by atoms with van der Waals surface area (Å²) in [5, 5.41) is 0. The summed E-state index contributed by atoms with van der Waals surface area (Å²) in [5.41, 5.74) is 1.57. The molecule has 0 amide bonds. The van der Waals surface area contributed by atoms with Crippen LogP contribution >= 0.6 is 0 Å². The summed E-state index contributed by atoms with van der Waals surface area (Å²) >= 11 is 0. The van der Waals surface area contributed by atoms with Crippen molar-refractivity contribution in [2.75, 3.05) is 20.3 Å². The number of hydrogen-bond donors (Lipinski definition) is 0. The van der Waals surface area contributed by atoms with Crippen LogP contribution < -0.4 is 4.74 Å². The molecule has 0 saturated carbocycles. The van der Waals surface area contributed by atoms with E-state index in [9.17, 15) is 4.79 Å². The number of rotatable bonds is 5. The second kappa shape index (κ2) is 5.29. The van der Waals surface area contributed by atoms with E-state index in [1.807, 2.05) is 6.07 Å². The predicted octanol–water partition coefficient (Wildman–Crippen LogP) is 1.81. The van der Waals surface area contributed by atoms with Gasteiger partial charge in [0.15, 0.2) is 5.78 Å². The minimum absolute atomic E-state index is 0.0425. The molecule has 4 heteroatoms. The van der Waals surface area contributed by atoms with Crippen LogP contribution in [-0.4, -0.2) is 32.2 Å². The SMILES string of the molecule is COc1ccc(C(C)=O)cc1COC1COC1. The molecular formula is C13H16O4. The molecule has 2 rings (SSSR count). The van der Waals surface area contributed by atoms with Gasteiger partial charge in [0.1, 0.15) is 11.9 Å². The van der Waals surface area contributed by atoms with E-state index in [0.29, 0.717) is 25.4 Å². The zero-order chi connectivity index (χ0) is 12.3.